The molecule has 0 fully saturated rings. The van der Waals surface area contributed by atoms with E-state index in [1.807, 2.05) is 6.92 Å². The summed E-state index contributed by atoms with van der Waals surface area (Å²) in [5, 5.41) is 1.12. The van der Waals surface area contributed by atoms with Crippen molar-refractivity contribution in [1.82, 2.24) is 0 Å². The zero-order chi connectivity index (χ0) is 14.2. The number of furan rings is 1. The Balaban J connectivity index is 2.41. The van der Waals surface area contributed by atoms with Crippen LogP contribution in [0.15, 0.2) is 26.6 Å². The highest BCUT2D eigenvalue weighted by molar-refractivity contribution is 9.11. The molecule has 0 aliphatic rings. The van der Waals surface area contributed by atoms with E-state index < -0.39 is 11.7 Å². The number of aryl methyl sites for hydroxylation is 1. The van der Waals surface area contributed by atoms with Crippen LogP contribution in [0.4, 0.5) is 13.2 Å². The average molecular weight is 418 g/mol. The van der Waals surface area contributed by atoms with Gasteiger partial charge in [-0.2, -0.15) is 13.2 Å². The van der Waals surface area contributed by atoms with E-state index in [4.69, 9.17) is 4.42 Å². The van der Waals surface area contributed by atoms with Gasteiger partial charge in [0.2, 0.25) is 0 Å². The van der Waals surface area contributed by atoms with Crippen molar-refractivity contribution < 1.29 is 17.6 Å². The SMILES string of the molecule is CCc1occc1C(Br)c1scc(C(F)(F)F)c1Br. The minimum absolute atomic E-state index is 0.0927. The van der Waals surface area contributed by atoms with Crippen molar-refractivity contribution in [3.05, 3.63) is 43.9 Å². The van der Waals surface area contributed by atoms with Crippen LogP contribution in [0.2, 0.25) is 0 Å². The van der Waals surface area contributed by atoms with Crippen LogP contribution in [0, 0.1) is 0 Å². The van der Waals surface area contributed by atoms with Crippen molar-refractivity contribution in [2.45, 2.75) is 24.3 Å². The van der Waals surface area contributed by atoms with Gasteiger partial charge in [0.25, 0.3) is 0 Å². The Kier molecular flexibility index (Phi) is 4.47. The molecule has 0 N–H and O–H groups in total. The lowest BCUT2D eigenvalue weighted by Crippen LogP contribution is -2.04. The Morgan fingerprint density at radius 1 is 1.42 bits per heavy atom. The number of thiophene rings is 1. The van der Waals surface area contributed by atoms with Crippen molar-refractivity contribution in [3.8, 4) is 0 Å². The van der Waals surface area contributed by atoms with Gasteiger partial charge in [-0.25, -0.2) is 0 Å². The summed E-state index contributed by atoms with van der Waals surface area (Å²) in [6, 6.07) is 1.78. The molecule has 19 heavy (non-hydrogen) atoms. The summed E-state index contributed by atoms with van der Waals surface area (Å²) in [5.41, 5.74) is 0.220. The second kappa shape index (κ2) is 5.61. The predicted molar refractivity (Wildman–Crippen MR) is 75.9 cm³/mol. The minimum Gasteiger partial charge on any atom is -0.469 e. The number of rotatable bonds is 3. The molecule has 1 nitrogen and oxygen atoms in total. The van der Waals surface area contributed by atoms with Crippen LogP contribution in [-0.4, -0.2) is 0 Å². The molecule has 0 aliphatic heterocycles. The lowest BCUT2D eigenvalue weighted by atomic mass is 10.1. The fourth-order valence-corrected chi connectivity index (χ4v) is 4.95. The van der Waals surface area contributed by atoms with Crippen molar-refractivity contribution >= 4 is 43.2 Å². The summed E-state index contributed by atoms with van der Waals surface area (Å²) in [6.45, 7) is 1.94. The Bertz CT molecular complexity index is 574. The van der Waals surface area contributed by atoms with Crippen LogP contribution in [0.1, 0.15) is 33.5 Å². The van der Waals surface area contributed by atoms with Crippen LogP contribution >= 0.6 is 43.2 Å². The molecular formula is C12H9Br2F3OS. The predicted octanol–water partition coefficient (Wildman–Crippen LogP) is 6.17. The molecule has 2 rings (SSSR count). The third-order valence-electron chi connectivity index (χ3n) is 2.67. The molecule has 2 aromatic heterocycles. The molecule has 0 aliphatic carbocycles. The van der Waals surface area contributed by atoms with Gasteiger partial charge in [0.05, 0.1) is 16.7 Å². The monoisotopic (exact) mass is 416 g/mol. The van der Waals surface area contributed by atoms with Gasteiger partial charge in [0.15, 0.2) is 0 Å². The van der Waals surface area contributed by atoms with Gasteiger partial charge in [-0.1, -0.05) is 22.9 Å². The number of hydrogen-bond acceptors (Lipinski definition) is 2. The molecule has 0 amide bonds. The summed E-state index contributed by atoms with van der Waals surface area (Å²) in [6.07, 6.45) is -2.10. The summed E-state index contributed by atoms with van der Waals surface area (Å²) in [5.74, 6) is 0.774. The van der Waals surface area contributed by atoms with Gasteiger partial charge in [-0.05, 0) is 22.0 Å². The highest BCUT2D eigenvalue weighted by Gasteiger charge is 2.36. The molecule has 2 aromatic rings. The van der Waals surface area contributed by atoms with Crippen molar-refractivity contribution in [2.24, 2.45) is 0 Å². The molecule has 0 radical (unpaired) electrons. The van der Waals surface area contributed by atoms with Gasteiger partial charge in [0, 0.05) is 26.7 Å². The van der Waals surface area contributed by atoms with Crippen LogP contribution in [0.5, 0.6) is 0 Å². The third-order valence-corrected chi connectivity index (χ3v) is 6.08. The molecule has 2 heterocycles. The summed E-state index contributed by atoms with van der Waals surface area (Å²) in [4.78, 5) is 0.278. The first kappa shape index (κ1) is 15.1. The first-order chi connectivity index (χ1) is 8.86. The maximum absolute atomic E-state index is 12.8. The van der Waals surface area contributed by atoms with Crippen LogP contribution in [0.25, 0.3) is 0 Å². The molecule has 7 heteroatoms. The van der Waals surface area contributed by atoms with E-state index in [9.17, 15) is 13.2 Å². The Hall–Kier alpha value is -0.270. The zero-order valence-corrected chi connectivity index (χ0v) is 13.7. The molecule has 1 atom stereocenters. The largest absolute Gasteiger partial charge is 0.469 e. The quantitative estimate of drug-likeness (QED) is 0.544. The summed E-state index contributed by atoms with van der Waals surface area (Å²) >= 11 is 7.57. The molecule has 1 unspecified atom stereocenters. The normalized spacial score (nSPS) is 13.8. The average Bonchev–Trinajstić information content (AvgIpc) is 2.92. The van der Waals surface area contributed by atoms with Gasteiger partial charge >= 0.3 is 6.18 Å². The van der Waals surface area contributed by atoms with Gasteiger partial charge < -0.3 is 4.42 Å². The van der Waals surface area contributed by atoms with E-state index in [0.29, 0.717) is 11.3 Å². The first-order valence-electron chi connectivity index (χ1n) is 5.40. The minimum atomic E-state index is -4.34. The second-order valence-corrected chi connectivity index (χ2v) is 6.46. The van der Waals surface area contributed by atoms with E-state index in [-0.39, 0.29) is 9.30 Å². The molecule has 0 spiro atoms. The highest BCUT2D eigenvalue weighted by Crippen LogP contribution is 2.46. The smallest absolute Gasteiger partial charge is 0.418 e. The zero-order valence-electron chi connectivity index (χ0n) is 9.72. The Morgan fingerprint density at radius 3 is 2.63 bits per heavy atom. The van der Waals surface area contributed by atoms with E-state index in [1.54, 1.807) is 12.3 Å². The maximum atomic E-state index is 12.8. The lowest BCUT2D eigenvalue weighted by molar-refractivity contribution is -0.137. The molecule has 0 saturated carbocycles. The van der Waals surface area contributed by atoms with Crippen molar-refractivity contribution in [2.75, 3.05) is 0 Å². The second-order valence-electron chi connectivity index (χ2n) is 3.84. The number of halogens is 5. The van der Waals surface area contributed by atoms with Gasteiger partial charge in [-0.15, -0.1) is 11.3 Å². The van der Waals surface area contributed by atoms with Crippen LogP contribution in [-0.2, 0) is 12.6 Å². The van der Waals surface area contributed by atoms with E-state index in [1.165, 1.54) is 0 Å². The molecule has 0 bridgehead atoms. The fourth-order valence-electron chi connectivity index (χ4n) is 1.73. The molecular weight excluding hydrogens is 409 g/mol. The Morgan fingerprint density at radius 2 is 2.11 bits per heavy atom. The summed E-state index contributed by atoms with van der Waals surface area (Å²) in [7, 11) is 0. The summed E-state index contributed by atoms with van der Waals surface area (Å²) < 4.78 is 43.7. The number of hydrogen-bond donors (Lipinski definition) is 0. The molecule has 0 aromatic carbocycles. The number of alkyl halides is 4. The van der Waals surface area contributed by atoms with Gasteiger partial charge in [0.1, 0.15) is 5.76 Å². The third kappa shape index (κ3) is 2.92. The Labute approximate surface area is 129 Å². The fraction of sp³-hybridized carbons (Fsp3) is 0.333. The topological polar surface area (TPSA) is 13.1 Å². The van der Waals surface area contributed by atoms with E-state index in [0.717, 1.165) is 28.0 Å². The maximum Gasteiger partial charge on any atom is 0.418 e. The highest BCUT2D eigenvalue weighted by atomic mass is 79.9. The molecule has 0 saturated heterocycles. The van der Waals surface area contributed by atoms with Crippen molar-refractivity contribution in [1.29, 1.82) is 0 Å². The van der Waals surface area contributed by atoms with Gasteiger partial charge in [-0.3, -0.25) is 0 Å². The molecule has 104 valence electrons. The first-order valence-corrected chi connectivity index (χ1v) is 7.99. The lowest BCUT2D eigenvalue weighted by Gasteiger charge is -2.10. The van der Waals surface area contributed by atoms with E-state index in [2.05, 4.69) is 31.9 Å². The van der Waals surface area contributed by atoms with Crippen LogP contribution < -0.4 is 0 Å². The van der Waals surface area contributed by atoms with Crippen LogP contribution in [0.3, 0.4) is 0 Å². The van der Waals surface area contributed by atoms with E-state index >= 15 is 0 Å². The standard InChI is InChI=1S/C12H9Br2F3OS/c1-2-8-6(3-4-18-8)9(13)11-10(14)7(5-19-11)12(15,16)17/h3-5,9H,2H2,1H3. The van der Waals surface area contributed by atoms with Crippen molar-refractivity contribution in [3.63, 3.8) is 0 Å².